The number of halogens is 3. The van der Waals surface area contributed by atoms with Gasteiger partial charge in [0.15, 0.2) is 5.69 Å². The lowest BCUT2D eigenvalue weighted by molar-refractivity contribution is -0.439. The first-order valence-corrected chi connectivity index (χ1v) is 6.04. The zero-order valence-electron chi connectivity index (χ0n) is 11.1. The zero-order valence-corrected chi connectivity index (χ0v) is 11.1. The second-order valence-corrected chi connectivity index (χ2v) is 4.40. The van der Waals surface area contributed by atoms with Crippen LogP contribution in [0.15, 0.2) is 53.8 Å². The van der Waals surface area contributed by atoms with Gasteiger partial charge in [-0.1, -0.05) is 23.8 Å². The SMILES string of the molecule is Cc1ccc([N+]([O-])=NNc2cccc(C(F)(F)F)c2)cc1. The van der Waals surface area contributed by atoms with Crippen molar-refractivity contribution in [2.45, 2.75) is 13.1 Å². The van der Waals surface area contributed by atoms with Crippen molar-refractivity contribution < 1.29 is 18.0 Å². The fourth-order valence-corrected chi connectivity index (χ4v) is 1.60. The van der Waals surface area contributed by atoms with Crippen LogP contribution in [0.1, 0.15) is 11.1 Å². The molecule has 2 rings (SSSR count). The smallest absolute Gasteiger partial charge is 0.416 e. The molecule has 0 bridgehead atoms. The van der Waals surface area contributed by atoms with E-state index in [0.717, 1.165) is 17.7 Å². The van der Waals surface area contributed by atoms with Crippen molar-refractivity contribution in [1.82, 2.24) is 0 Å². The van der Waals surface area contributed by atoms with E-state index in [1.807, 2.05) is 6.92 Å². The average molecular weight is 295 g/mol. The number of nitrogens with one attached hydrogen (secondary N) is 1. The van der Waals surface area contributed by atoms with E-state index in [2.05, 4.69) is 10.6 Å². The molecule has 0 aromatic heterocycles. The Hall–Kier alpha value is -2.57. The Labute approximate surface area is 119 Å². The number of anilines is 1. The van der Waals surface area contributed by atoms with E-state index in [1.165, 1.54) is 12.1 Å². The van der Waals surface area contributed by atoms with Gasteiger partial charge in [0.2, 0.25) is 0 Å². The summed E-state index contributed by atoms with van der Waals surface area (Å²) in [5.74, 6) is 0. The van der Waals surface area contributed by atoms with Crippen LogP contribution in [0.25, 0.3) is 0 Å². The Bertz CT molecular complexity index is 651. The van der Waals surface area contributed by atoms with E-state index in [4.69, 9.17) is 0 Å². The van der Waals surface area contributed by atoms with Gasteiger partial charge in [-0.25, -0.2) is 0 Å². The van der Waals surface area contributed by atoms with E-state index >= 15 is 0 Å². The lowest BCUT2D eigenvalue weighted by Gasteiger charge is -2.07. The molecule has 0 atom stereocenters. The highest BCUT2D eigenvalue weighted by Gasteiger charge is 2.30. The van der Waals surface area contributed by atoms with Crippen LogP contribution in [0.5, 0.6) is 0 Å². The van der Waals surface area contributed by atoms with Crippen LogP contribution in [0.3, 0.4) is 0 Å². The maximum Gasteiger partial charge on any atom is 0.416 e. The summed E-state index contributed by atoms with van der Waals surface area (Å²) in [6, 6.07) is 11.1. The van der Waals surface area contributed by atoms with Crippen molar-refractivity contribution in [1.29, 1.82) is 0 Å². The van der Waals surface area contributed by atoms with Gasteiger partial charge in [-0.3, -0.25) is 0 Å². The molecular formula is C14H12F3N3O. The zero-order chi connectivity index (χ0) is 15.5. The molecule has 0 saturated heterocycles. The molecule has 0 radical (unpaired) electrons. The standard InChI is InChI=1S/C14H12F3N3O/c1-10-5-7-13(8-6-10)20(21)19-18-12-4-2-3-11(9-12)14(15,16)17/h2-9,18H,1H3. The Balaban J connectivity index is 2.15. The topological polar surface area (TPSA) is 50.5 Å². The van der Waals surface area contributed by atoms with Crippen LogP contribution in [0, 0.1) is 12.1 Å². The first-order chi connectivity index (χ1) is 9.86. The molecule has 0 amide bonds. The predicted molar refractivity (Wildman–Crippen MR) is 72.0 cm³/mol. The predicted octanol–water partition coefficient (Wildman–Crippen LogP) is 4.63. The summed E-state index contributed by atoms with van der Waals surface area (Å²) in [7, 11) is 0. The lowest BCUT2D eigenvalue weighted by atomic mass is 10.2. The maximum absolute atomic E-state index is 12.5. The molecule has 0 aliphatic rings. The highest BCUT2D eigenvalue weighted by molar-refractivity contribution is 5.45. The minimum absolute atomic E-state index is 0.0813. The van der Waals surface area contributed by atoms with Crippen molar-refractivity contribution >= 4 is 11.4 Å². The number of nitrogens with zero attached hydrogens (tertiary/aromatic N) is 2. The number of hydrogen-bond acceptors (Lipinski definition) is 2. The number of benzene rings is 2. The van der Waals surface area contributed by atoms with Crippen LogP contribution in [0.4, 0.5) is 24.5 Å². The van der Waals surface area contributed by atoms with E-state index in [-0.39, 0.29) is 11.4 Å². The minimum Gasteiger partial charge on any atom is -0.691 e. The van der Waals surface area contributed by atoms with Crippen molar-refractivity contribution in [3.63, 3.8) is 0 Å². The van der Waals surface area contributed by atoms with Crippen molar-refractivity contribution in [3.8, 4) is 0 Å². The maximum atomic E-state index is 12.5. The van der Waals surface area contributed by atoms with E-state index in [1.54, 1.807) is 24.3 Å². The summed E-state index contributed by atoms with van der Waals surface area (Å²) in [5, 5.41) is 15.2. The molecule has 0 heterocycles. The summed E-state index contributed by atoms with van der Waals surface area (Å²) in [6.45, 7) is 1.87. The Kier molecular flexibility index (Phi) is 4.11. The number of hydrogen-bond donors (Lipinski definition) is 1. The highest BCUT2D eigenvalue weighted by Crippen LogP contribution is 2.30. The van der Waals surface area contributed by atoms with Crippen LogP contribution in [0.2, 0.25) is 0 Å². The Morgan fingerprint density at radius 2 is 1.76 bits per heavy atom. The van der Waals surface area contributed by atoms with Gasteiger partial charge in [0.1, 0.15) is 5.69 Å². The second kappa shape index (κ2) is 5.82. The average Bonchev–Trinajstić information content (AvgIpc) is 2.45. The number of alkyl halides is 3. The van der Waals surface area contributed by atoms with Gasteiger partial charge in [0.25, 0.3) is 0 Å². The van der Waals surface area contributed by atoms with E-state index < -0.39 is 11.7 Å². The van der Waals surface area contributed by atoms with Crippen molar-refractivity contribution in [2.75, 3.05) is 5.43 Å². The third-order valence-electron chi connectivity index (χ3n) is 2.71. The molecule has 0 aliphatic carbocycles. The minimum atomic E-state index is -4.44. The monoisotopic (exact) mass is 295 g/mol. The highest BCUT2D eigenvalue weighted by atomic mass is 19.4. The number of rotatable bonds is 3. The molecule has 0 fully saturated rings. The molecule has 0 unspecified atom stereocenters. The summed E-state index contributed by atoms with van der Waals surface area (Å²) >= 11 is 0. The van der Waals surface area contributed by atoms with Crippen molar-refractivity contribution in [3.05, 3.63) is 64.9 Å². The van der Waals surface area contributed by atoms with Crippen LogP contribution in [-0.4, -0.2) is 4.86 Å². The van der Waals surface area contributed by atoms with Gasteiger partial charge in [0.05, 0.1) is 10.8 Å². The summed E-state index contributed by atoms with van der Waals surface area (Å²) in [4.78, 5) is 0.305. The fourth-order valence-electron chi connectivity index (χ4n) is 1.60. The normalized spacial score (nSPS) is 12.3. The molecule has 21 heavy (non-hydrogen) atoms. The van der Waals surface area contributed by atoms with Crippen molar-refractivity contribution in [2.24, 2.45) is 5.22 Å². The molecule has 0 spiro atoms. The first-order valence-electron chi connectivity index (χ1n) is 6.04. The molecule has 110 valence electrons. The van der Waals surface area contributed by atoms with Gasteiger partial charge in [-0.05, 0) is 37.3 Å². The molecule has 0 saturated carbocycles. The summed E-state index contributed by atoms with van der Waals surface area (Å²) in [6.07, 6.45) is -4.44. The van der Waals surface area contributed by atoms with Crippen LogP contribution >= 0.6 is 0 Å². The third-order valence-corrected chi connectivity index (χ3v) is 2.71. The second-order valence-electron chi connectivity index (χ2n) is 4.40. The molecular weight excluding hydrogens is 283 g/mol. The Morgan fingerprint density at radius 1 is 1.10 bits per heavy atom. The van der Waals surface area contributed by atoms with Crippen LogP contribution in [-0.2, 0) is 6.18 Å². The first kappa shape index (κ1) is 14.8. The molecule has 4 nitrogen and oxygen atoms in total. The van der Waals surface area contributed by atoms with E-state index in [0.29, 0.717) is 4.86 Å². The largest absolute Gasteiger partial charge is 0.691 e. The molecule has 7 heteroatoms. The van der Waals surface area contributed by atoms with Crippen LogP contribution < -0.4 is 5.43 Å². The van der Waals surface area contributed by atoms with Gasteiger partial charge in [-0.15, -0.1) is 10.3 Å². The number of aryl methyl sites for hydroxylation is 1. The molecule has 0 aliphatic heterocycles. The van der Waals surface area contributed by atoms with E-state index in [9.17, 15) is 18.4 Å². The third kappa shape index (κ3) is 3.95. The molecule has 2 aromatic rings. The summed E-state index contributed by atoms with van der Waals surface area (Å²) < 4.78 is 37.6. The van der Waals surface area contributed by atoms with Gasteiger partial charge >= 0.3 is 6.18 Å². The lowest BCUT2D eigenvalue weighted by Crippen LogP contribution is -2.05. The summed E-state index contributed by atoms with van der Waals surface area (Å²) in [5.41, 5.74) is 2.84. The van der Waals surface area contributed by atoms with Gasteiger partial charge < -0.3 is 5.21 Å². The fraction of sp³-hybridized carbons (Fsp3) is 0.143. The molecule has 1 N–H and O–H groups in total. The quantitative estimate of drug-likeness (QED) is 0.509. The molecule has 2 aromatic carbocycles. The van der Waals surface area contributed by atoms with Gasteiger partial charge in [-0.2, -0.15) is 13.2 Å². The Morgan fingerprint density at radius 3 is 2.38 bits per heavy atom. The van der Waals surface area contributed by atoms with Gasteiger partial charge in [0, 0.05) is 0 Å².